The summed E-state index contributed by atoms with van der Waals surface area (Å²) in [4.78, 5) is 55.9. The van der Waals surface area contributed by atoms with Crippen LogP contribution in [0, 0.1) is 34.1 Å². The summed E-state index contributed by atoms with van der Waals surface area (Å²) in [5.41, 5.74) is 2.28. The molecule has 0 radical (unpaired) electrons. The number of carbonyl (C=O) groups is 2. The molecule has 0 saturated carbocycles. The molecule has 2 aromatic carbocycles. The van der Waals surface area contributed by atoms with Crippen molar-refractivity contribution in [2.75, 3.05) is 0 Å². The molecule has 0 N–H and O–H groups in total. The largest absolute Gasteiger partial charge is 0.288 e. The van der Waals surface area contributed by atoms with E-state index >= 15 is 0 Å². The lowest BCUT2D eigenvalue weighted by molar-refractivity contribution is -0.385. The molecule has 4 rings (SSSR count). The lowest BCUT2D eigenvalue weighted by atomic mass is 10.1. The summed E-state index contributed by atoms with van der Waals surface area (Å²) in [6.45, 7) is 3.43. The molecule has 0 atom stereocenters. The molecular weight excluding hydrogens is 528 g/mol. The number of ketones is 2. The van der Waals surface area contributed by atoms with Crippen LogP contribution in [0.5, 0.6) is 0 Å². The minimum atomic E-state index is -0.491. The second kappa shape index (κ2) is 11.2. The Hall–Kier alpha value is -4.68. The average Bonchev–Trinajstić information content (AvgIpc) is 3.48. The fraction of sp³-hybridized carbons (Fsp3) is 0.0769. The number of thiazole rings is 2. The fourth-order valence-corrected chi connectivity index (χ4v) is 5.33. The van der Waals surface area contributed by atoms with Gasteiger partial charge in [0.05, 0.1) is 31.0 Å². The first kappa shape index (κ1) is 26.4. The Kier molecular flexibility index (Phi) is 7.74. The van der Waals surface area contributed by atoms with Crippen LogP contribution in [-0.2, 0) is 0 Å². The van der Waals surface area contributed by atoms with Gasteiger partial charge in [-0.25, -0.2) is 9.97 Å². The molecule has 0 aliphatic carbocycles. The molecular formula is C26H18N4O6S2. The zero-order valence-corrected chi connectivity index (χ0v) is 21.6. The molecule has 0 aliphatic heterocycles. The predicted octanol–water partition coefficient (Wildman–Crippen LogP) is 6.49. The highest BCUT2D eigenvalue weighted by Crippen LogP contribution is 2.33. The first-order valence-electron chi connectivity index (χ1n) is 11.0. The molecule has 0 unspecified atom stereocenters. The summed E-state index contributed by atoms with van der Waals surface area (Å²) in [6, 6.07) is 11.7. The maximum Gasteiger partial charge on any atom is 0.269 e. The molecule has 0 fully saturated rings. The highest BCUT2D eigenvalue weighted by atomic mass is 32.1. The molecule has 0 amide bonds. The molecule has 0 saturated heterocycles. The van der Waals surface area contributed by atoms with Crippen molar-refractivity contribution in [3.63, 3.8) is 0 Å². The van der Waals surface area contributed by atoms with Crippen LogP contribution >= 0.6 is 22.7 Å². The highest BCUT2D eigenvalue weighted by Gasteiger charge is 2.20. The van der Waals surface area contributed by atoms with Gasteiger partial charge in [-0.15, -0.1) is 22.7 Å². The van der Waals surface area contributed by atoms with Gasteiger partial charge in [-0.3, -0.25) is 29.8 Å². The Morgan fingerprint density at radius 2 is 1.03 bits per heavy atom. The first-order valence-corrected chi connectivity index (χ1v) is 12.6. The van der Waals surface area contributed by atoms with Gasteiger partial charge < -0.3 is 0 Å². The third-order valence-electron chi connectivity index (χ3n) is 5.29. The number of non-ortho nitro benzene ring substituents is 2. The SMILES string of the molecule is Cc1nc(-c2nc(C)c(C(=O)/C=C/c3ccc([N+](=O)[O-])cc3)s2)sc1C(=O)/C=C\c1ccc([N+](=O)[O-])cc1. The second-order valence-electron chi connectivity index (χ2n) is 7.96. The van der Waals surface area contributed by atoms with Gasteiger partial charge in [0.1, 0.15) is 0 Å². The molecule has 2 heterocycles. The first-order chi connectivity index (χ1) is 18.1. The lowest BCUT2D eigenvalue weighted by Crippen LogP contribution is -1.93. The highest BCUT2D eigenvalue weighted by molar-refractivity contribution is 7.23. The standard InChI is InChI=1S/C26H18N4O6S2/c1-15-23(21(31)13-7-17-3-9-19(10-4-17)29(33)34)37-25(27-15)26-28-16(2)24(38-26)22(32)14-8-18-5-11-20(12-6-18)30(35)36/h3-14H,1-2H3/b13-7-,14-8+. The Morgan fingerprint density at radius 3 is 1.34 bits per heavy atom. The van der Waals surface area contributed by atoms with Crippen LogP contribution in [0.3, 0.4) is 0 Å². The topological polar surface area (TPSA) is 146 Å². The van der Waals surface area contributed by atoms with Crippen molar-refractivity contribution in [3.8, 4) is 10.0 Å². The molecule has 38 heavy (non-hydrogen) atoms. The van der Waals surface area contributed by atoms with E-state index in [0.717, 1.165) is 0 Å². The summed E-state index contributed by atoms with van der Waals surface area (Å²) >= 11 is 2.34. The molecule has 0 aliphatic rings. The van der Waals surface area contributed by atoms with Gasteiger partial charge >= 0.3 is 0 Å². The summed E-state index contributed by atoms with van der Waals surface area (Å²) in [5.74, 6) is -0.527. The number of allylic oxidation sites excluding steroid dienone is 2. The van der Waals surface area contributed by atoms with Gasteiger partial charge in [0.15, 0.2) is 21.6 Å². The van der Waals surface area contributed by atoms with E-state index in [-0.39, 0.29) is 22.9 Å². The Bertz CT molecular complexity index is 1490. The number of nitro groups is 2. The predicted molar refractivity (Wildman–Crippen MR) is 146 cm³/mol. The number of benzene rings is 2. The maximum absolute atomic E-state index is 12.8. The van der Waals surface area contributed by atoms with Gasteiger partial charge in [0.2, 0.25) is 0 Å². The van der Waals surface area contributed by atoms with Gasteiger partial charge in [-0.05, 0) is 61.4 Å². The Balaban J connectivity index is 1.49. The molecule has 0 spiro atoms. The van der Waals surface area contributed by atoms with Crippen molar-refractivity contribution in [1.82, 2.24) is 9.97 Å². The van der Waals surface area contributed by atoms with Crippen LogP contribution in [-0.4, -0.2) is 31.4 Å². The zero-order valence-electron chi connectivity index (χ0n) is 20.0. The van der Waals surface area contributed by atoms with Crippen LogP contribution in [0.4, 0.5) is 11.4 Å². The van der Waals surface area contributed by atoms with Gasteiger partial charge in [-0.2, -0.15) is 0 Å². The number of carbonyl (C=O) groups excluding carboxylic acids is 2. The van der Waals surface area contributed by atoms with E-state index in [4.69, 9.17) is 0 Å². The second-order valence-corrected chi connectivity index (χ2v) is 9.96. The van der Waals surface area contributed by atoms with Gasteiger partial charge in [0, 0.05) is 24.3 Å². The Labute approximate surface area is 223 Å². The fourth-order valence-electron chi connectivity index (χ4n) is 3.34. The van der Waals surface area contributed by atoms with Crippen molar-refractivity contribution >= 4 is 57.8 Å². The van der Waals surface area contributed by atoms with Gasteiger partial charge in [-0.1, -0.05) is 12.2 Å². The number of hydrogen-bond acceptors (Lipinski definition) is 10. The third-order valence-corrected chi connectivity index (χ3v) is 7.77. The van der Waals surface area contributed by atoms with E-state index in [9.17, 15) is 29.8 Å². The number of nitrogens with zero attached hydrogens (tertiary/aromatic N) is 4. The van der Waals surface area contributed by atoms with Crippen molar-refractivity contribution in [1.29, 1.82) is 0 Å². The van der Waals surface area contributed by atoms with E-state index in [0.29, 0.717) is 42.3 Å². The summed E-state index contributed by atoms with van der Waals surface area (Å²) in [5, 5.41) is 22.6. The smallest absolute Gasteiger partial charge is 0.269 e. The number of nitro benzene ring substituents is 2. The minimum absolute atomic E-state index is 0.0325. The summed E-state index contributed by atoms with van der Waals surface area (Å²) < 4.78 is 0. The Morgan fingerprint density at radius 1 is 0.684 bits per heavy atom. The van der Waals surface area contributed by atoms with Crippen molar-refractivity contribution in [2.45, 2.75) is 13.8 Å². The normalized spacial score (nSPS) is 11.3. The molecule has 10 nitrogen and oxygen atoms in total. The van der Waals surface area contributed by atoms with Crippen LogP contribution in [0.25, 0.3) is 22.2 Å². The van der Waals surface area contributed by atoms with Crippen LogP contribution in [0.15, 0.2) is 60.7 Å². The zero-order chi connectivity index (χ0) is 27.4. The summed E-state index contributed by atoms with van der Waals surface area (Å²) in [7, 11) is 0. The van der Waals surface area contributed by atoms with E-state index in [2.05, 4.69) is 9.97 Å². The van der Waals surface area contributed by atoms with Crippen molar-refractivity contribution in [3.05, 3.63) is 113 Å². The maximum atomic E-state index is 12.8. The third kappa shape index (κ3) is 5.99. The molecule has 12 heteroatoms. The quantitative estimate of drug-likeness (QED) is 0.100. The van der Waals surface area contributed by atoms with E-state index in [1.165, 1.54) is 59.1 Å². The molecule has 190 valence electrons. The van der Waals surface area contributed by atoms with Crippen molar-refractivity contribution < 1.29 is 19.4 Å². The van der Waals surface area contributed by atoms with E-state index < -0.39 is 9.85 Å². The van der Waals surface area contributed by atoms with Crippen LogP contribution in [0.1, 0.15) is 41.9 Å². The average molecular weight is 547 g/mol. The minimum Gasteiger partial charge on any atom is -0.288 e. The number of aromatic nitrogens is 2. The molecule has 2 aromatic heterocycles. The van der Waals surface area contributed by atoms with Crippen LogP contribution < -0.4 is 0 Å². The van der Waals surface area contributed by atoms with E-state index in [1.807, 2.05) is 0 Å². The lowest BCUT2D eigenvalue weighted by Gasteiger charge is -1.94. The van der Waals surface area contributed by atoms with E-state index in [1.54, 1.807) is 50.3 Å². The van der Waals surface area contributed by atoms with Gasteiger partial charge in [0.25, 0.3) is 11.4 Å². The summed E-state index contributed by atoms with van der Waals surface area (Å²) in [6.07, 6.45) is 5.92. The monoisotopic (exact) mass is 546 g/mol. The van der Waals surface area contributed by atoms with Crippen molar-refractivity contribution in [2.24, 2.45) is 0 Å². The van der Waals surface area contributed by atoms with Crippen LogP contribution in [0.2, 0.25) is 0 Å². The number of aryl methyl sites for hydroxylation is 2. The number of hydrogen-bond donors (Lipinski definition) is 0. The molecule has 4 aromatic rings. The number of rotatable bonds is 9. The molecule has 0 bridgehead atoms.